The average Bonchev–Trinajstić information content (AvgIpc) is 2.14. The molecule has 1 heterocycles. The molecule has 0 aromatic carbocycles. The van der Waals surface area contributed by atoms with Gasteiger partial charge in [0.15, 0.2) is 5.82 Å². The molecule has 0 spiro atoms. The molecule has 0 aliphatic rings. The molecule has 0 aliphatic carbocycles. The molecular weight excluding hydrogens is 229 g/mol. The fourth-order valence-electron chi connectivity index (χ4n) is 1.34. The Morgan fingerprint density at radius 3 is 2.44 bits per heavy atom. The van der Waals surface area contributed by atoms with Crippen molar-refractivity contribution in [2.75, 3.05) is 11.9 Å². The van der Waals surface area contributed by atoms with Crippen molar-refractivity contribution in [2.45, 2.75) is 32.6 Å². The summed E-state index contributed by atoms with van der Waals surface area (Å²) in [4.78, 5) is 7.58. The van der Waals surface area contributed by atoms with Crippen LogP contribution in [0.15, 0.2) is 12.4 Å². The van der Waals surface area contributed by atoms with Gasteiger partial charge in [-0.1, -0.05) is 20.8 Å². The van der Waals surface area contributed by atoms with Gasteiger partial charge in [-0.15, -0.1) is 11.6 Å². The number of rotatable bonds is 4. The van der Waals surface area contributed by atoms with E-state index < -0.39 is 5.82 Å². The predicted octanol–water partition coefficient (Wildman–Crippen LogP) is 3.07. The van der Waals surface area contributed by atoms with Crippen LogP contribution in [0.2, 0.25) is 0 Å². The predicted molar refractivity (Wildman–Crippen MR) is 64.2 cm³/mol. The first-order valence-electron chi connectivity index (χ1n) is 5.22. The molecule has 0 radical (unpaired) electrons. The zero-order valence-corrected chi connectivity index (χ0v) is 10.6. The highest BCUT2D eigenvalue weighted by molar-refractivity contribution is 6.20. The van der Waals surface area contributed by atoms with E-state index in [0.717, 1.165) is 18.8 Å². The van der Waals surface area contributed by atoms with Crippen molar-refractivity contribution in [3.63, 3.8) is 0 Å². The molecule has 1 N–H and O–H groups in total. The zero-order chi connectivity index (χ0) is 12.2. The first-order chi connectivity index (χ1) is 7.37. The third-order valence-corrected chi connectivity index (χ3v) is 2.24. The van der Waals surface area contributed by atoms with Gasteiger partial charge in [0.25, 0.3) is 0 Å². The summed E-state index contributed by atoms with van der Waals surface area (Å²) in [5.74, 6) is -0.0383. The quantitative estimate of drug-likeness (QED) is 0.829. The minimum atomic E-state index is -0.442. The summed E-state index contributed by atoms with van der Waals surface area (Å²) < 4.78 is 12.5. The van der Waals surface area contributed by atoms with Crippen molar-refractivity contribution in [2.24, 2.45) is 5.41 Å². The van der Waals surface area contributed by atoms with Crippen LogP contribution in [-0.4, -0.2) is 21.9 Å². The first kappa shape index (κ1) is 13.2. The molecule has 0 saturated heterocycles. The highest BCUT2D eigenvalue weighted by atomic mass is 35.5. The van der Waals surface area contributed by atoms with Gasteiger partial charge in [-0.05, 0) is 11.8 Å². The van der Waals surface area contributed by atoms with Crippen LogP contribution >= 0.6 is 11.6 Å². The molecule has 1 unspecified atom stereocenters. The molecule has 1 aromatic rings. The van der Waals surface area contributed by atoms with E-state index in [1.807, 2.05) is 0 Å². The van der Waals surface area contributed by atoms with Gasteiger partial charge in [0.2, 0.25) is 5.95 Å². The zero-order valence-electron chi connectivity index (χ0n) is 9.80. The Bertz CT molecular complexity index is 321. The van der Waals surface area contributed by atoms with Crippen LogP contribution in [-0.2, 0) is 0 Å². The third-order valence-electron chi connectivity index (χ3n) is 1.94. The maximum absolute atomic E-state index is 12.5. The van der Waals surface area contributed by atoms with Crippen molar-refractivity contribution >= 4 is 17.5 Å². The molecule has 90 valence electrons. The highest BCUT2D eigenvalue weighted by Gasteiger charge is 2.16. The number of nitrogens with zero attached hydrogens (tertiary/aromatic N) is 2. The number of aromatic nitrogens is 2. The Balaban J connectivity index is 2.37. The number of alkyl halides is 1. The number of anilines is 1. The number of nitrogens with one attached hydrogen (secondary N) is 1. The van der Waals surface area contributed by atoms with Crippen molar-refractivity contribution in [1.82, 2.24) is 9.97 Å². The minimum absolute atomic E-state index is 0.00801. The van der Waals surface area contributed by atoms with Gasteiger partial charge in [-0.3, -0.25) is 0 Å². The summed E-state index contributed by atoms with van der Waals surface area (Å²) in [5, 5.41) is 2.98. The lowest BCUT2D eigenvalue weighted by atomic mass is 9.90. The molecule has 3 nitrogen and oxygen atoms in total. The molecule has 0 bridgehead atoms. The second kappa shape index (κ2) is 5.43. The normalized spacial score (nSPS) is 13.6. The Labute approximate surface area is 100 Å². The van der Waals surface area contributed by atoms with E-state index in [2.05, 4.69) is 36.1 Å². The summed E-state index contributed by atoms with van der Waals surface area (Å²) in [7, 11) is 0. The molecular formula is C11H17ClFN3. The van der Waals surface area contributed by atoms with Crippen LogP contribution in [0.1, 0.15) is 27.2 Å². The van der Waals surface area contributed by atoms with E-state index in [1.54, 1.807) is 0 Å². The SMILES string of the molecule is CC(C)(C)CC(Cl)CNc1ncc(F)cn1. The molecule has 0 aliphatic heterocycles. The van der Waals surface area contributed by atoms with Crippen LogP contribution in [0.3, 0.4) is 0 Å². The maximum atomic E-state index is 12.5. The Morgan fingerprint density at radius 2 is 1.94 bits per heavy atom. The topological polar surface area (TPSA) is 37.8 Å². The second-order valence-electron chi connectivity index (χ2n) is 4.97. The van der Waals surface area contributed by atoms with E-state index in [4.69, 9.17) is 11.6 Å². The van der Waals surface area contributed by atoms with Gasteiger partial charge < -0.3 is 5.32 Å². The van der Waals surface area contributed by atoms with Gasteiger partial charge >= 0.3 is 0 Å². The lowest BCUT2D eigenvalue weighted by Crippen LogP contribution is -2.21. The van der Waals surface area contributed by atoms with E-state index in [9.17, 15) is 4.39 Å². The monoisotopic (exact) mass is 245 g/mol. The fraction of sp³-hybridized carbons (Fsp3) is 0.636. The van der Waals surface area contributed by atoms with Gasteiger partial charge in [0.05, 0.1) is 17.8 Å². The van der Waals surface area contributed by atoms with Crippen LogP contribution < -0.4 is 5.32 Å². The van der Waals surface area contributed by atoms with Gasteiger partial charge in [0.1, 0.15) is 0 Å². The summed E-state index contributed by atoms with van der Waals surface area (Å²) in [5.41, 5.74) is 0.192. The lowest BCUT2D eigenvalue weighted by molar-refractivity contribution is 0.373. The molecule has 1 rings (SSSR count). The summed E-state index contributed by atoms with van der Waals surface area (Å²) in [6.45, 7) is 6.98. The molecule has 0 fully saturated rings. The Hall–Kier alpha value is -0.900. The van der Waals surface area contributed by atoms with Gasteiger partial charge in [0, 0.05) is 6.54 Å². The van der Waals surface area contributed by atoms with Crippen molar-refractivity contribution < 1.29 is 4.39 Å². The number of hydrogen-bond acceptors (Lipinski definition) is 3. The fourth-order valence-corrected chi connectivity index (χ4v) is 1.88. The minimum Gasteiger partial charge on any atom is -0.353 e. The van der Waals surface area contributed by atoms with E-state index >= 15 is 0 Å². The smallest absolute Gasteiger partial charge is 0.222 e. The van der Waals surface area contributed by atoms with Crippen molar-refractivity contribution in [1.29, 1.82) is 0 Å². The van der Waals surface area contributed by atoms with Crippen LogP contribution in [0, 0.1) is 11.2 Å². The summed E-state index contributed by atoms with van der Waals surface area (Å²) in [6.07, 6.45) is 3.15. The van der Waals surface area contributed by atoms with Crippen molar-refractivity contribution in [3.8, 4) is 0 Å². The van der Waals surface area contributed by atoms with E-state index in [1.165, 1.54) is 0 Å². The van der Waals surface area contributed by atoms with Crippen molar-refractivity contribution in [3.05, 3.63) is 18.2 Å². The summed E-state index contributed by atoms with van der Waals surface area (Å²) >= 11 is 6.15. The molecule has 0 saturated carbocycles. The molecule has 16 heavy (non-hydrogen) atoms. The third kappa shape index (κ3) is 5.26. The molecule has 0 amide bonds. The summed E-state index contributed by atoms with van der Waals surface area (Å²) in [6, 6.07) is 0. The van der Waals surface area contributed by atoms with Crippen LogP contribution in [0.25, 0.3) is 0 Å². The Kier molecular flexibility index (Phi) is 4.47. The van der Waals surface area contributed by atoms with Crippen LogP contribution in [0.4, 0.5) is 10.3 Å². The van der Waals surface area contributed by atoms with Gasteiger partial charge in [-0.25, -0.2) is 14.4 Å². The van der Waals surface area contributed by atoms with Gasteiger partial charge in [-0.2, -0.15) is 0 Å². The number of hydrogen-bond donors (Lipinski definition) is 1. The molecule has 5 heteroatoms. The highest BCUT2D eigenvalue weighted by Crippen LogP contribution is 2.23. The second-order valence-corrected chi connectivity index (χ2v) is 5.59. The lowest BCUT2D eigenvalue weighted by Gasteiger charge is -2.21. The van der Waals surface area contributed by atoms with Crippen LogP contribution in [0.5, 0.6) is 0 Å². The van der Waals surface area contributed by atoms with E-state index in [-0.39, 0.29) is 10.8 Å². The molecule has 1 atom stereocenters. The average molecular weight is 246 g/mol. The standard InChI is InChI=1S/C11H17ClFN3/c1-11(2,3)4-8(12)5-14-10-15-6-9(13)7-16-10/h6-8H,4-5H2,1-3H3,(H,14,15,16). The molecule has 1 aromatic heterocycles. The first-order valence-corrected chi connectivity index (χ1v) is 5.66. The Morgan fingerprint density at radius 1 is 1.38 bits per heavy atom. The maximum Gasteiger partial charge on any atom is 0.222 e. The van der Waals surface area contributed by atoms with E-state index in [0.29, 0.717) is 12.5 Å². The largest absolute Gasteiger partial charge is 0.353 e. The number of halogens is 2.